The average Bonchev–Trinajstić information content (AvgIpc) is 2.58. The highest BCUT2D eigenvalue weighted by Crippen LogP contribution is 2.38. The molecule has 1 aromatic carbocycles. The Morgan fingerprint density at radius 2 is 1.71 bits per heavy atom. The van der Waals surface area contributed by atoms with E-state index in [4.69, 9.17) is 0 Å². The highest BCUT2D eigenvalue weighted by Gasteiger charge is 2.30. The fraction of sp³-hybridized carbons (Fsp3) is 0.667. The van der Waals surface area contributed by atoms with Gasteiger partial charge in [-0.25, -0.2) is 0 Å². The Kier molecular flexibility index (Phi) is 5.61. The molecule has 3 rings (SSSR count). The zero-order valence-electron chi connectivity index (χ0n) is 13.2. The van der Waals surface area contributed by atoms with Gasteiger partial charge in [-0.05, 0) is 42.7 Å². The fourth-order valence-electron chi connectivity index (χ4n) is 3.99. The summed E-state index contributed by atoms with van der Waals surface area (Å²) < 4.78 is 0. The molecule has 0 radical (unpaired) electrons. The van der Waals surface area contributed by atoms with Crippen LogP contribution in [0.5, 0.6) is 0 Å². The van der Waals surface area contributed by atoms with Crippen molar-refractivity contribution in [1.82, 2.24) is 10.2 Å². The number of nitrogens with one attached hydrogen (secondary N) is 1. The summed E-state index contributed by atoms with van der Waals surface area (Å²) >= 11 is 1.84. The van der Waals surface area contributed by atoms with E-state index in [9.17, 15) is 0 Å². The maximum atomic E-state index is 3.50. The monoisotopic (exact) mass is 304 g/mol. The lowest BCUT2D eigenvalue weighted by Gasteiger charge is -2.41. The third kappa shape index (κ3) is 3.82. The first-order valence-corrected chi connectivity index (χ1v) is 9.69. The normalized spacial score (nSPS) is 23.1. The van der Waals surface area contributed by atoms with E-state index in [1.807, 2.05) is 11.8 Å². The number of benzene rings is 1. The number of piperazine rings is 1. The summed E-state index contributed by atoms with van der Waals surface area (Å²) in [4.78, 5) is 4.11. The lowest BCUT2D eigenvalue weighted by Crippen LogP contribution is -2.47. The van der Waals surface area contributed by atoms with Gasteiger partial charge in [0.15, 0.2) is 0 Å². The summed E-state index contributed by atoms with van der Waals surface area (Å²) in [5, 5.41) is 3.50. The van der Waals surface area contributed by atoms with E-state index in [2.05, 4.69) is 40.7 Å². The number of rotatable bonds is 4. The minimum absolute atomic E-state index is 0.642. The number of hydrogen-bond acceptors (Lipinski definition) is 3. The number of thioether (sulfide) groups is 1. The minimum atomic E-state index is 0.642. The molecule has 21 heavy (non-hydrogen) atoms. The topological polar surface area (TPSA) is 15.3 Å². The predicted octanol–water partition coefficient (Wildman–Crippen LogP) is 3.94. The van der Waals surface area contributed by atoms with Crippen molar-refractivity contribution in [1.29, 1.82) is 0 Å². The van der Waals surface area contributed by atoms with Crippen molar-refractivity contribution in [2.24, 2.45) is 5.92 Å². The van der Waals surface area contributed by atoms with Crippen molar-refractivity contribution in [2.45, 2.75) is 43.0 Å². The van der Waals surface area contributed by atoms with Crippen molar-refractivity contribution < 1.29 is 0 Å². The molecule has 116 valence electrons. The van der Waals surface area contributed by atoms with Crippen LogP contribution in [0.3, 0.4) is 0 Å². The number of hydrogen-bond donors (Lipinski definition) is 1. The smallest absolute Gasteiger partial charge is 0.0377 e. The van der Waals surface area contributed by atoms with Gasteiger partial charge in [0.2, 0.25) is 0 Å². The zero-order chi connectivity index (χ0) is 14.5. The van der Waals surface area contributed by atoms with Gasteiger partial charge in [-0.1, -0.05) is 31.4 Å². The standard InChI is InChI=1S/C18H28N2S/c1-21-17-9-7-16(8-10-17)18(15-5-3-2-4-6-15)20-13-11-19-12-14-20/h7-10,15,18-19H,2-6,11-14H2,1H3/t18-/m0/s1. The Bertz CT molecular complexity index is 401. The molecule has 2 nitrogen and oxygen atoms in total. The molecule has 0 unspecified atom stereocenters. The third-order valence-corrected chi connectivity index (χ3v) is 5.84. The lowest BCUT2D eigenvalue weighted by molar-refractivity contribution is 0.103. The summed E-state index contributed by atoms with van der Waals surface area (Å²) in [6.45, 7) is 4.69. The number of nitrogens with zero attached hydrogens (tertiary/aromatic N) is 1. The van der Waals surface area contributed by atoms with E-state index in [0.29, 0.717) is 6.04 Å². The van der Waals surface area contributed by atoms with Gasteiger partial charge >= 0.3 is 0 Å². The van der Waals surface area contributed by atoms with Crippen LogP contribution in [0, 0.1) is 5.92 Å². The molecule has 0 bridgehead atoms. The highest BCUT2D eigenvalue weighted by molar-refractivity contribution is 7.98. The maximum absolute atomic E-state index is 3.50. The Hall–Kier alpha value is -0.510. The van der Waals surface area contributed by atoms with Crippen molar-refractivity contribution >= 4 is 11.8 Å². The molecule has 3 heteroatoms. The molecular weight excluding hydrogens is 276 g/mol. The van der Waals surface area contributed by atoms with Gasteiger partial charge in [0, 0.05) is 37.1 Å². The molecule has 1 saturated heterocycles. The Morgan fingerprint density at radius 3 is 2.33 bits per heavy atom. The molecule has 2 aliphatic rings. The molecule has 1 aromatic rings. The van der Waals surface area contributed by atoms with Crippen LogP contribution < -0.4 is 5.32 Å². The molecule has 1 atom stereocenters. The lowest BCUT2D eigenvalue weighted by atomic mass is 9.80. The van der Waals surface area contributed by atoms with Gasteiger partial charge in [0.05, 0.1) is 0 Å². The van der Waals surface area contributed by atoms with Gasteiger partial charge in [0.1, 0.15) is 0 Å². The first kappa shape index (κ1) is 15.4. The van der Waals surface area contributed by atoms with E-state index >= 15 is 0 Å². The first-order valence-electron chi connectivity index (χ1n) is 8.47. The highest BCUT2D eigenvalue weighted by atomic mass is 32.2. The molecule has 0 aromatic heterocycles. The molecule has 2 fully saturated rings. The average molecular weight is 305 g/mol. The molecule has 0 spiro atoms. The second-order valence-electron chi connectivity index (χ2n) is 6.40. The third-order valence-electron chi connectivity index (χ3n) is 5.10. The van der Waals surface area contributed by atoms with E-state index in [-0.39, 0.29) is 0 Å². The van der Waals surface area contributed by atoms with Crippen LogP contribution in [0.25, 0.3) is 0 Å². The Balaban J connectivity index is 1.82. The second-order valence-corrected chi connectivity index (χ2v) is 7.28. The molecule has 1 heterocycles. The molecule has 1 aliphatic carbocycles. The molecule has 1 aliphatic heterocycles. The first-order chi connectivity index (χ1) is 10.4. The van der Waals surface area contributed by atoms with Crippen LogP contribution in [0.4, 0.5) is 0 Å². The Morgan fingerprint density at radius 1 is 1.05 bits per heavy atom. The van der Waals surface area contributed by atoms with E-state index in [1.54, 1.807) is 5.56 Å². The second kappa shape index (κ2) is 7.66. The van der Waals surface area contributed by atoms with Crippen LogP contribution in [-0.4, -0.2) is 37.3 Å². The SMILES string of the molecule is CSc1ccc([C@H](C2CCCCC2)N2CCNCC2)cc1. The maximum Gasteiger partial charge on any atom is 0.0377 e. The summed E-state index contributed by atoms with van der Waals surface area (Å²) in [7, 11) is 0. The largest absolute Gasteiger partial charge is 0.314 e. The Labute approximate surface area is 133 Å². The van der Waals surface area contributed by atoms with E-state index in [1.165, 1.54) is 50.1 Å². The van der Waals surface area contributed by atoms with Crippen LogP contribution in [-0.2, 0) is 0 Å². The van der Waals surface area contributed by atoms with E-state index < -0.39 is 0 Å². The summed E-state index contributed by atoms with van der Waals surface area (Å²) in [6.07, 6.45) is 9.28. The van der Waals surface area contributed by atoms with Gasteiger partial charge in [-0.15, -0.1) is 11.8 Å². The molecular formula is C18H28N2S. The molecule has 1 N–H and O–H groups in total. The van der Waals surface area contributed by atoms with Crippen LogP contribution in [0.15, 0.2) is 29.2 Å². The van der Waals surface area contributed by atoms with Gasteiger partial charge in [-0.2, -0.15) is 0 Å². The van der Waals surface area contributed by atoms with Crippen molar-refractivity contribution in [3.05, 3.63) is 29.8 Å². The van der Waals surface area contributed by atoms with Gasteiger partial charge < -0.3 is 5.32 Å². The van der Waals surface area contributed by atoms with Gasteiger partial charge in [0.25, 0.3) is 0 Å². The molecule has 0 amide bonds. The quantitative estimate of drug-likeness (QED) is 0.848. The summed E-state index contributed by atoms with van der Waals surface area (Å²) in [5.41, 5.74) is 1.54. The predicted molar refractivity (Wildman–Crippen MR) is 92.0 cm³/mol. The van der Waals surface area contributed by atoms with Crippen molar-refractivity contribution in [2.75, 3.05) is 32.4 Å². The molecule has 1 saturated carbocycles. The van der Waals surface area contributed by atoms with E-state index in [0.717, 1.165) is 19.0 Å². The zero-order valence-corrected chi connectivity index (χ0v) is 14.0. The fourth-order valence-corrected chi connectivity index (χ4v) is 4.40. The minimum Gasteiger partial charge on any atom is -0.314 e. The van der Waals surface area contributed by atoms with Crippen LogP contribution in [0.1, 0.15) is 43.7 Å². The van der Waals surface area contributed by atoms with Crippen LogP contribution >= 0.6 is 11.8 Å². The van der Waals surface area contributed by atoms with Gasteiger partial charge in [-0.3, -0.25) is 4.90 Å². The van der Waals surface area contributed by atoms with Crippen LogP contribution in [0.2, 0.25) is 0 Å². The summed E-state index contributed by atoms with van der Waals surface area (Å²) in [6, 6.07) is 10.0. The van der Waals surface area contributed by atoms with Crippen molar-refractivity contribution in [3.63, 3.8) is 0 Å². The van der Waals surface area contributed by atoms with Crippen molar-refractivity contribution in [3.8, 4) is 0 Å². The summed E-state index contributed by atoms with van der Waals surface area (Å²) in [5.74, 6) is 0.858.